The number of nitro groups is 1. The van der Waals surface area contributed by atoms with Crippen molar-refractivity contribution in [2.45, 2.75) is 43.4 Å². The van der Waals surface area contributed by atoms with Gasteiger partial charge in [0.1, 0.15) is 6.54 Å². The number of carbonyl (C=O) groups is 2. The quantitative estimate of drug-likeness (QED) is 0.444. The number of hydrogen-bond acceptors (Lipinski definition) is 5. The maximum atomic E-state index is 12.5. The van der Waals surface area contributed by atoms with E-state index in [1.54, 1.807) is 19.1 Å². The normalized spacial score (nSPS) is 13.2. The average Bonchev–Trinajstić information content (AvgIpc) is 2.51. The van der Waals surface area contributed by atoms with Gasteiger partial charge < -0.3 is 10.0 Å². The van der Waals surface area contributed by atoms with Gasteiger partial charge in [0.25, 0.3) is 5.69 Å². The molecule has 1 rings (SSSR count). The summed E-state index contributed by atoms with van der Waals surface area (Å²) < 4.78 is 0. The molecule has 2 atom stereocenters. The molecular formula is C15H20N2O5S. The van der Waals surface area contributed by atoms with Crippen molar-refractivity contribution in [3.63, 3.8) is 0 Å². The third-order valence-corrected chi connectivity index (χ3v) is 4.52. The monoisotopic (exact) mass is 340 g/mol. The second-order valence-electron chi connectivity index (χ2n) is 5.13. The Morgan fingerprint density at radius 2 is 1.87 bits per heavy atom. The lowest BCUT2D eigenvalue weighted by Crippen LogP contribution is -2.45. The molecule has 0 radical (unpaired) electrons. The zero-order chi connectivity index (χ0) is 17.6. The minimum atomic E-state index is -1.05. The summed E-state index contributed by atoms with van der Waals surface area (Å²) in [4.78, 5) is 35.7. The van der Waals surface area contributed by atoms with E-state index in [1.165, 1.54) is 28.8 Å². The Morgan fingerprint density at radius 3 is 2.30 bits per heavy atom. The molecule has 1 N–H and O–H groups in total. The lowest BCUT2D eigenvalue weighted by Gasteiger charge is -2.29. The summed E-state index contributed by atoms with van der Waals surface area (Å²) >= 11 is 1.25. The van der Waals surface area contributed by atoms with Crippen LogP contribution in [0.1, 0.15) is 27.2 Å². The number of rotatable bonds is 8. The number of carboxylic acid groups (broad SMARTS) is 1. The van der Waals surface area contributed by atoms with Crippen LogP contribution in [0.25, 0.3) is 0 Å². The molecule has 0 aliphatic heterocycles. The van der Waals surface area contributed by atoms with Crippen molar-refractivity contribution in [3.8, 4) is 0 Å². The zero-order valence-electron chi connectivity index (χ0n) is 13.3. The Balaban J connectivity index is 2.80. The fraction of sp³-hybridized carbons (Fsp3) is 0.467. The van der Waals surface area contributed by atoms with Crippen molar-refractivity contribution in [1.82, 2.24) is 4.90 Å². The minimum Gasteiger partial charge on any atom is -0.480 e. The summed E-state index contributed by atoms with van der Waals surface area (Å²) in [6.45, 7) is 5.07. The first kappa shape index (κ1) is 19.0. The van der Waals surface area contributed by atoms with Gasteiger partial charge in [-0.15, -0.1) is 11.8 Å². The van der Waals surface area contributed by atoms with Gasteiger partial charge in [0, 0.05) is 23.1 Å². The van der Waals surface area contributed by atoms with Crippen molar-refractivity contribution in [2.24, 2.45) is 0 Å². The summed E-state index contributed by atoms with van der Waals surface area (Å²) in [6, 6.07) is 5.75. The summed E-state index contributed by atoms with van der Waals surface area (Å²) in [6.07, 6.45) is 0.661. The number of carboxylic acids is 1. The first-order valence-electron chi connectivity index (χ1n) is 7.19. The first-order chi connectivity index (χ1) is 10.8. The van der Waals surface area contributed by atoms with Gasteiger partial charge in [-0.3, -0.25) is 19.7 Å². The predicted octanol–water partition coefficient (Wildman–Crippen LogP) is 2.79. The van der Waals surface area contributed by atoms with E-state index in [-0.39, 0.29) is 24.2 Å². The van der Waals surface area contributed by atoms with Gasteiger partial charge >= 0.3 is 5.97 Å². The number of hydrogen-bond donors (Lipinski definition) is 1. The Kier molecular flexibility index (Phi) is 7.02. The van der Waals surface area contributed by atoms with Gasteiger partial charge in [-0.2, -0.15) is 0 Å². The number of aliphatic carboxylic acids is 1. The molecule has 0 fully saturated rings. The number of nitro benzene ring substituents is 1. The molecule has 1 amide bonds. The molecule has 0 aliphatic rings. The smallest absolute Gasteiger partial charge is 0.323 e. The van der Waals surface area contributed by atoms with Gasteiger partial charge in [0.15, 0.2) is 0 Å². The number of benzene rings is 1. The van der Waals surface area contributed by atoms with Crippen molar-refractivity contribution >= 4 is 29.3 Å². The van der Waals surface area contributed by atoms with Crippen LogP contribution in [0.4, 0.5) is 5.69 Å². The lowest BCUT2D eigenvalue weighted by atomic mass is 10.2. The molecule has 8 heteroatoms. The highest BCUT2D eigenvalue weighted by Crippen LogP contribution is 2.27. The average molecular weight is 340 g/mol. The van der Waals surface area contributed by atoms with Crippen LogP contribution in [-0.4, -0.2) is 44.6 Å². The van der Waals surface area contributed by atoms with E-state index in [2.05, 4.69) is 0 Å². The summed E-state index contributed by atoms with van der Waals surface area (Å²) in [7, 11) is 0. The van der Waals surface area contributed by atoms with Gasteiger partial charge in [0.2, 0.25) is 5.91 Å². The number of non-ortho nitro benzene ring substituents is 1. The molecule has 0 aromatic heterocycles. The molecule has 1 aromatic rings. The summed E-state index contributed by atoms with van der Waals surface area (Å²) in [5, 5.41) is 19.1. The van der Waals surface area contributed by atoms with Crippen LogP contribution in [-0.2, 0) is 9.59 Å². The van der Waals surface area contributed by atoms with Crippen molar-refractivity contribution in [1.29, 1.82) is 0 Å². The molecule has 0 spiro atoms. The Morgan fingerprint density at radius 1 is 1.30 bits per heavy atom. The van der Waals surface area contributed by atoms with E-state index in [4.69, 9.17) is 5.11 Å². The van der Waals surface area contributed by atoms with Crippen LogP contribution in [0.3, 0.4) is 0 Å². The molecule has 0 saturated heterocycles. The zero-order valence-corrected chi connectivity index (χ0v) is 14.1. The fourth-order valence-corrected chi connectivity index (χ4v) is 2.89. The van der Waals surface area contributed by atoms with Crippen molar-refractivity contribution in [2.75, 3.05) is 6.54 Å². The molecule has 0 heterocycles. The topological polar surface area (TPSA) is 101 Å². The summed E-state index contributed by atoms with van der Waals surface area (Å²) in [5.41, 5.74) is -0.0135. The second kappa shape index (κ2) is 8.52. The first-order valence-corrected chi connectivity index (χ1v) is 8.07. The number of thioether (sulfide) groups is 1. The lowest BCUT2D eigenvalue weighted by molar-refractivity contribution is -0.384. The molecule has 0 saturated carbocycles. The van der Waals surface area contributed by atoms with Crippen LogP contribution in [0.15, 0.2) is 29.2 Å². The van der Waals surface area contributed by atoms with Crippen molar-refractivity contribution < 1.29 is 19.6 Å². The highest BCUT2D eigenvalue weighted by Gasteiger charge is 2.26. The number of carbonyl (C=O) groups excluding carboxylic acids is 1. The second-order valence-corrected chi connectivity index (χ2v) is 6.54. The van der Waals surface area contributed by atoms with E-state index in [9.17, 15) is 19.7 Å². The number of nitrogens with zero attached hydrogens (tertiary/aromatic N) is 2. The molecule has 0 bridgehead atoms. The maximum absolute atomic E-state index is 12.5. The van der Waals surface area contributed by atoms with E-state index in [1.807, 2.05) is 13.8 Å². The molecular weight excluding hydrogens is 320 g/mol. The minimum absolute atomic E-state index is 0.0135. The molecule has 23 heavy (non-hydrogen) atoms. The van der Waals surface area contributed by atoms with E-state index in [0.717, 1.165) is 4.90 Å². The molecule has 126 valence electrons. The largest absolute Gasteiger partial charge is 0.480 e. The van der Waals surface area contributed by atoms with E-state index >= 15 is 0 Å². The van der Waals surface area contributed by atoms with Crippen LogP contribution in [0.2, 0.25) is 0 Å². The van der Waals surface area contributed by atoms with Gasteiger partial charge in [0.05, 0.1) is 10.2 Å². The molecule has 1 aromatic carbocycles. The Labute approximate surface area is 138 Å². The predicted molar refractivity (Wildman–Crippen MR) is 87.5 cm³/mol. The van der Waals surface area contributed by atoms with Gasteiger partial charge in [-0.05, 0) is 32.4 Å². The molecule has 0 aliphatic carbocycles. The van der Waals surface area contributed by atoms with Crippen LogP contribution in [0.5, 0.6) is 0 Å². The van der Waals surface area contributed by atoms with Crippen LogP contribution >= 0.6 is 11.8 Å². The fourth-order valence-electron chi connectivity index (χ4n) is 1.95. The highest BCUT2D eigenvalue weighted by atomic mass is 32.2. The van der Waals surface area contributed by atoms with Crippen LogP contribution in [0, 0.1) is 10.1 Å². The molecule has 7 nitrogen and oxygen atoms in total. The standard InChI is InChI=1S/C15H20N2O5S/c1-4-10(2)16(9-14(18)19)15(20)11(3)23-13-7-5-12(6-8-13)17(21)22/h5-8,10-11H,4,9H2,1-3H3,(H,18,19). The van der Waals surface area contributed by atoms with Gasteiger partial charge in [-0.25, -0.2) is 0 Å². The van der Waals surface area contributed by atoms with Crippen molar-refractivity contribution in [3.05, 3.63) is 34.4 Å². The van der Waals surface area contributed by atoms with E-state index < -0.39 is 16.1 Å². The number of amides is 1. The SMILES string of the molecule is CCC(C)N(CC(=O)O)C(=O)C(C)Sc1ccc([N+](=O)[O-])cc1. The third kappa shape index (κ3) is 5.55. The Hall–Kier alpha value is -2.09. The third-order valence-electron chi connectivity index (χ3n) is 3.42. The van der Waals surface area contributed by atoms with Crippen LogP contribution < -0.4 is 0 Å². The highest BCUT2D eigenvalue weighted by molar-refractivity contribution is 8.00. The molecule has 2 unspecified atom stereocenters. The van der Waals surface area contributed by atoms with E-state index in [0.29, 0.717) is 6.42 Å². The Bertz CT molecular complexity index is 576. The summed E-state index contributed by atoms with van der Waals surface area (Å²) in [5.74, 6) is -1.31. The maximum Gasteiger partial charge on any atom is 0.323 e. The van der Waals surface area contributed by atoms with Gasteiger partial charge in [-0.1, -0.05) is 6.92 Å².